The molecule has 5 heteroatoms. The fourth-order valence-corrected chi connectivity index (χ4v) is 3.56. The number of alkyl halides is 3. The molecule has 3 aromatic rings. The van der Waals surface area contributed by atoms with Crippen LogP contribution in [0.3, 0.4) is 0 Å². The summed E-state index contributed by atoms with van der Waals surface area (Å²) in [6, 6.07) is 19.9. The summed E-state index contributed by atoms with van der Waals surface area (Å²) in [6.45, 7) is 7.35. The van der Waals surface area contributed by atoms with Gasteiger partial charge in [-0.3, -0.25) is 4.90 Å². The molecule has 0 radical (unpaired) electrons. The molecule has 0 saturated carbocycles. The molecule has 0 N–H and O–H groups in total. The molecule has 0 bridgehead atoms. The Kier molecular flexibility index (Phi) is 6.80. The van der Waals surface area contributed by atoms with Gasteiger partial charge in [0.2, 0.25) is 0 Å². The Morgan fingerprint density at radius 1 is 0.862 bits per heavy atom. The van der Waals surface area contributed by atoms with E-state index in [2.05, 4.69) is 30.9 Å². The molecule has 2 nitrogen and oxygen atoms in total. The molecule has 154 valence electrons. The third-order valence-electron chi connectivity index (χ3n) is 4.79. The summed E-state index contributed by atoms with van der Waals surface area (Å²) in [5.41, 5.74) is 2.40. The second-order valence-electron chi connectivity index (χ2n) is 7.87. The van der Waals surface area contributed by atoms with Gasteiger partial charge in [0.15, 0.2) is 0 Å². The highest BCUT2D eigenvalue weighted by atomic mass is 19.4. The molecule has 0 amide bonds. The fraction of sp³-hybridized carbons (Fsp3) is 0.333. The van der Waals surface area contributed by atoms with Crippen molar-refractivity contribution in [2.24, 2.45) is 5.92 Å². The lowest BCUT2D eigenvalue weighted by atomic mass is 10.1. The molecule has 2 aromatic carbocycles. The van der Waals surface area contributed by atoms with Gasteiger partial charge >= 0.3 is 6.18 Å². The molecule has 0 aliphatic carbocycles. The molecule has 0 unspecified atom stereocenters. The molecule has 0 fully saturated rings. The van der Waals surface area contributed by atoms with Crippen LogP contribution in [0.2, 0.25) is 0 Å². The van der Waals surface area contributed by atoms with Crippen molar-refractivity contribution >= 4 is 0 Å². The minimum Gasteiger partial charge on any atom is -0.346 e. The fourth-order valence-electron chi connectivity index (χ4n) is 3.56. The normalized spacial score (nSPS) is 12.1. The van der Waals surface area contributed by atoms with E-state index in [1.165, 1.54) is 17.7 Å². The van der Waals surface area contributed by atoms with E-state index in [1.807, 2.05) is 41.1 Å². The largest absolute Gasteiger partial charge is 0.416 e. The maximum Gasteiger partial charge on any atom is 0.416 e. The number of benzene rings is 2. The van der Waals surface area contributed by atoms with Crippen LogP contribution in [0.15, 0.2) is 72.9 Å². The van der Waals surface area contributed by atoms with Crippen molar-refractivity contribution < 1.29 is 13.2 Å². The lowest BCUT2D eigenvalue weighted by Crippen LogP contribution is -2.28. The standard InChI is InChI=1S/C24H27F3N2/c1-19(2)15-28(16-20-8-4-3-5-9-20)18-23-12-7-13-29(23)17-21-10-6-11-22(14-21)24(25,26)27/h3-14,19H,15-18H2,1-2H3. The summed E-state index contributed by atoms with van der Waals surface area (Å²) in [4.78, 5) is 2.39. The van der Waals surface area contributed by atoms with Gasteiger partial charge in [0.1, 0.15) is 0 Å². The zero-order valence-electron chi connectivity index (χ0n) is 16.9. The molecular weight excluding hydrogens is 373 g/mol. The van der Waals surface area contributed by atoms with Crippen molar-refractivity contribution in [2.75, 3.05) is 6.54 Å². The predicted octanol–water partition coefficient (Wildman–Crippen LogP) is 6.21. The number of halogens is 3. The zero-order chi connectivity index (χ0) is 20.9. The molecule has 0 spiro atoms. The second-order valence-corrected chi connectivity index (χ2v) is 7.87. The van der Waals surface area contributed by atoms with Crippen LogP contribution >= 0.6 is 0 Å². The maximum absolute atomic E-state index is 13.0. The number of hydrogen-bond donors (Lipinski definition) is 0. The van der Waals surface area contributed by atoms with Crippen molar-refractivity contribution in [3.8, 4) is 0 Å². The summed E-state index contributed by atoms with van der Waals surface area (Å²) < 4.78 is 41.1. The van der Waals surface area contributed by atoms with E-state index < -0.39 is 11.7 Å². The van der Waals surface area contributed by atoms with Crippen LogP contribution in [0.1, 0.15) is 36.2 Å². The molecule has 29 heavy (non-hydrogen) atoms. The quantitative estimate of drug-likeness (QED) is 0.436. The lowest BCUT2D eigenvalue weighted by molar-refractivity contribution is -0.137. The van der Waals surface area contributed by atoms with Crippen LogP contribution in [-0.4, -0.2) is 16.0 Å². The van der Waals surface area contributed by atoms with Crippen LogP contribution in [0.5, 0.6) is 0 Å². The van der Waals surface area contributed by atoms with Crippen LogP contribution in [-0.2, 0) is 25.8 Å². The first-order chi connectivity index (χ1) is 13.8. The average molecular weight is 400 g/mol. The minimum absolute atomic E-state index is 0.424. The topological polar surface area (TPSA) is 8.17 Å². The molecule has 0 aliphatic rings. The SMILES string of the molecule is CC(C)CN(Cc1ccccc1)Cc1cccn1Cc1cccc(C(F)(F)F)c1. The first kappa shape index (κ1) is 21.2. The van der Waals surface area contributed by atoms with Gasteiger partial charge in [0.05, 0.1) is 5.56 Å². The van der Waals surface area contributed by atoms with Gasteiger partial charge in [-0.2, -0.15) is 13.2 Å². The van der Waals surface area contributed by atoms with Gasteiger partial charge in [0, 0.05) is 38.1 Å². The molecule has 0 atom stereocenters. The monoisotopic (exact) mass is 400 g/mol. The Labute approximate surface area is 170 Å². The Morgan fingerprint density at radius 3 is 2.28 bits per heavy atom. The number of nitrogens with zero attached hydrogens (tertiary/aromatic N) is 2. The van der Waals surface area contributed by atoms with E-state index in [0.717, 1.165) is 31.4 Å². The first-order valence-electron chi connectivity index (χ1n) is 9.87. The molecule has 0 aliphatic heterocycles. The molecule has 1 heterocycles. The Hall–Kier alpha value is -2.53. The predicted molar refractivity (Wildman–Crippen MR) is 110 cm³/mol. The van der Waals surface area contributed by atoms with Crippen LogP contribution in [0.4, 0.5) is 13.2 Å². The third-order valence-corrected chi connectivity index (χ3v) is 4.79. The van der Waals surface area contributed by atoms with Gasteiger partial charge in [-0.05, 0) is 41.3 Å². The lowest BCUT2D eigenvalue weighted by Gasteiger charge is -2.25. The van der Waals surface area contributed by atoms with Gasteiger partial charge in [-0.25, -0.2) is 0 Å². The Morgan fingerprint density at radius 2 is 1.59 bits per heavy atom. The van der Waals surface area contributed by atoms with Gasteiger partial charge < -0.3 is 4.57 Å². The minimum atomic E-state index is -4.32. The van der Waals surface area contributed by atoms with Gasteiger partial charge in [-0.15, -0.1) is 0 Å². The van der Waals surface area contributed by atoms with Crippen LogP contribution in [0.25, 0.3) is 0 Å². The van der Waals surface area contributed by atoms with E-state index in [1.54, 1.807) is 6.07 Å². The number of hydrogen-bond acceptors (Lipinski definition) is 1. The van der Waals surface area contributed by atoms with Crippen LogP contribution < -0.4 is 0 Å². The van der Waals surface area contributed by atoms with Gasteiger partial charge in [-0.1, -0.05) is 56.3 Å². The second kappa shape index (κ2) is 9.31. The van der Waals surface area contributed by atoms with Crippen molar-refractivity contribution in [1.29, 1.82) is 0 Å². The number of aromatic nitrogens is 1. The maximum atomic E-state index is 13.0. The number of rotatable bonds is 8. The van der Waals surface area contributed by atoms with Crippen molar-refractivity contribution in [3.63, 3.8) is 0 Å². The molecule has 1 aromatic heterocycles. The first-order valence-corrected chi connectivity index (χ1v) is 9.87. The zero-order valence-corrected chi connectivity index (χ0v) is 16.9. The van der Waals surface area contributed by atoms with E-state index in [0.29, 0.717) is 18.0 Å². The van der Waals surface area contributed by atoms with Gasteiger partial charge in [0.25, 0.3) is 0 Å². The highest BCUT2D eigenvalue weighted by Crippen LogP contribution is 2.29. The summed E-state index contributed by atoms with van der Waals surface area (Å²) in [5.74, 6) is 0.519. The smallest absolute Gasteiger partial charge is 0.346 e. The van der Waals surface area contributed by atoms with Crippen LogP contribution in [0, 0.1) is 5.92 Å². The molecule has 0 saturated heterocycles. The van der Waals surface area contributed by atoms with E-state index in [9.17, 15) is 13.2 Å². The Balaban J connectivity index is 1.75. The Bertz CT molecular complexity index is 898. The highest BCUT2D eigenvalue weighted by Gasteiger charge is 2.30. The van der Waals surface area contributed by atoms with Crippen molar-refractivity contribution in [3.05, 3.63) is 95.3 Å². The van der Waals surface area contributed by atoms with Crippen molar-refractivity contribution in [2.45, 2.75) is 39.7 Å². The average Bonchev–Trinajstić information content (AvgIpc) is 3.08. The summed E-state index contributed by atoms with van der Waals surface area (Å²) >= 11 is 0. The summed E-state index contributed by atoms with van der Waals surface area (Å²) in [6.07, 6.45) is -2.38. The van der Waals surface area contributed by atoms with E-state index >= 15 is 0 Å². The van der Waals surface area contributed by atoms with E-state index in [4.69, 9.17) is 0 Å². The summed E-state index contributed by atoms with van der Waals surface area (Å²) in [5, 5.41) is 0. The molecular formula is C24H27F3N2. The highest BCUT2D eigenvalue weighted by molar-refractivity contribution is 5.26. The van der Waals surface area contributed by atoms with Crippen molar-refractivity contribution in [1.82, 2.24) is 9.47 Å². The summed E-state index contributed by atoms with van der Waals surface area (Å²) in [7, 11) is 0. The third kappa shape index (κ3) is 6.23. The molecule has 3 rings (SSSR count). The van der Waals surface area contributed by atoms with E-state index in [-0.39, 0.29) is 0 Å².